The van der Waals surface area contributed by atoms with E-state index in [0.717, 1.165) is 18.9 Å². The van der Waals surface area contributed by atoms with Crippen LogP contribution in [0.25, 0.3) is 21.7 Å². The molecule has 2 fully saturated rings. The number of allylic oxidation sites excluding steroid dienone is 2. The van der Waals surface area contributed by atoms with Gasteiger partial charge in [0, 0.05) is 110 Å². The Morgan fingerprint density at radius 1 is 0.947 bits per heavy atom. The molecule has 5 bridgehead atoms. The van der Waals surface area contributed by atoms with Crippen LogP contribution in [-0.4, -0.2) is 115 Å². The Kier molecular flexibility index (Phi) is 15.2. The molecule has 1 saturated heterocycles. The van der Waals surface area contributed by atoms with E-state index in [1.807, 2.05) is 0 Å². The molecule has 5 heterocycles. The topological polar surface area (TPSA) is 276 Å². The van der Waals surface area contributed by atoms with Gasteiger partial charge < -0.3 is 69.7 Å². The molecule has 1 amide bonds. The lowest BCUT2D eigenvalue weighted by Crippen LogP contribution is -2.46. The zero-order valence-corrected chi connectivity index (χ0v) is 43.3. The van der Waals surface area contributed by atoms with Gasteiger partial charge in [0.1, 0.15) is 34.7 Å². The van der Waals surface area contributed by atoms with Crippen molar-refractivity contribution >= 4 is 56.7 Å². The fourth-order valence-electron chi connectivity index (χ4n) is 10.8. The number of anilines is 2. The lowest BCUT2D eigenvalue weighted by molar-refractivity contribution is -0.160. The summed E-state index contributed by atoms with van der Waals surface area (Å²) in [6, 6.07) is 2.17. The maximum absolute atomic E-state index is 16.0. The van der Waals surface area contributed by atoms with Crippen LogP contribution in [0.15, 0.2) is 59.3 Å². The molecule has 1 aromatic heterocycles. The number of benzene rings is 3. The van der Waals surface area contributed by atoms with E-state index in [0.29, 0.717) is 18.5 Å². The highest BCUT2D eigenvalue weighted by Crippen LogP contribution is 2.55. The Balaban J connectivity index is 1.18. The van der Waals surface area contributed by atoms with Gasteiger partial charge in [-0.15, -0.1) is 0 Å². The number of fused-ring (bicyclic) bond motifs is 15. The number of aromatic hydroxyl groups is 3. The number of nitrogens with one attached hydrogen (secondary N) is 2. The van der Waals surface area contributed by atoms with Gasteiger partial charge in [-0.1, -0.05) is 45.9 Å². The lowest BCUT2D eigenvalue weighted by atomic mass is 9.78. The van der Waals surface area contributed by atoms with Crippen LogP contribution in [0.2, 0.25) is 0 Å². The number of aliphatic hydroxyl groups excluding tert-OH is 2. The second kappa shape index (κ2) is 21.0. The van der Waals surface area contributed by atoms with Gasteiger partial charge in [-0.25, -0.2) is 9.18 Å². The highest BCUT2D eigenvalue weighted by molar-refractivity contribution is 6.22. The first-order chi connectivity index (χ1) is 35.4. The van der Waals surface area contributed by atoms with Crippen molar-refractivity contribution in [2.24, 2.45) is 23.7 Å². The monoisotopic (exact) mass is 1040 g/mol. The predicted molar refractivity (Wildman–Crippen MR) is 275 cm³/mol. The van der Waals surface area contributed by atoms with Gasteiger partial charge >= 0.3 is 17.7 Å². The van der Waals surface area contributed by atoms with E-state index in [-0.39, 0.29) is 74.7 Å². The third kappa shape index (κ3) is 10.0. The van der Waals surface area contributed by atoms with Gasteiger partial charge in [-0.2, -0.15) is 0 Å². The molecule has 20 heteroatoms. The number of halogens is 1. The number of esters is 1. The first-order valence-electron chi connectivity index (χ1n) is 25.1. The van der Waals surface area contributed by atoms with Crippen LogP contribution in [0.3, 0.4) is 0 Å². The van der Waals surface area contributed by atoms with Crippen LogP contribution < -0.4 is 25.7 Å². The Hall–Kier alpha value is -7.00. The minimum Gasteiger partial charge on any atom is -0.507 e. The van der Waals surface area contributed by atoms with E-state index < -0.39 is 118 Å². The van der Waals surface area contributed by atoms with E-state index in [4.69, 9.17) is 18.9 Å². The Labute approximate surface area is 431 Å². The number of ketones is 1. The summed E-state index contributed by atoms with van der Waals surface area (Å²) < 4.78 is 41.5. The summed E-state index contributed by atoms with van der Waals surface area (Å²) in [6.45, 7) is 12.6. The smallest absolute Gasteiger partial charge is 0.341 e. The number of phenolic OH excluding ortho intramolecular Hbond substituents is 3. The summed E-state index contributed by atoms with van der Waals surface area (Å²) in [7, 11) is 1.41. The maximum Gasteiger partial charge on any atom is 0.341 e. The number of carbonyl (C=O) groups is 4. The van der Waals surface area contributed by atoms with Crippen molar-refractivity contribution in [2.75, 3.05) is 30.4 Å². The largest absolute Gasteiger partial charge is 0.507 e. The summed E-state index contributed by atoms with van der Waals surface area (Å²) in [4.78, 5) is 68.1. The second-order valence-electron chi connectivity index (χ2n) is 20.6. The normalized spacial score (nSPS) is 27.7. The SMILES string of the molecule is CO[C@H]1C=CO[C@@]2(C)Oc3c(C)c(O)c4c(O)c(c(CN[C@H]5CCN(c6cc7c(cc6F)c(=O)c(C(=O)O)cn7C6CC6)C5)c(O)c4c3C2=O)NC(=O)C(C)=CC=C[C@H](C)[C@H](O)[C@@H](C)[C@@H](O)[C@@H](C)[C@H](OC(C)=O)[C@@H]1C. The van der Waals surface area contributed by atoms with Crippen LogP contribution in [-0.2, 0) is 30.3 Å². The van der Waals surface area contributed by atoms with Crippen LogP contribution >= 0.6 is 0 Å². The van der Waals surface area contributed by atoms with Gasteiger partial charge in [0.05, 0.1) is 52.4 Å². The molecule has 4 aliphatic heterocycles. The zero-order valence-electron chi connectivity index (χ0n) is 43.3. The lowest BCUT2D eigenvalue weighted by Gasteiger charge is -2.38. The van der Waals surface area contributed by atoms with Gasteiger partial charge in [-0.05, 0) is 51.3 Å². The highest BCUT2D eigenvalue weighted by Gasteiger charge is 2.50. The number of aromatic nitrogens is 1. The molecule has 3 aromatic carbocycles. The van der Waals surface area contributed by atoms with Crippen molar-refractivity contribution in [3.8, 4) is 23.0 Å². The number of carbonyl (C=O) groups excluding carboxylic acids is 3. The number of aliphatic hydroxyl groups is 2. The van der Waals surface area contributed by atoms with E-state index in [9.17, 15) is 54.6 Å². The number of Topliss-reactive ketones (excluding diaryl/α,β-unsaturated/α-hetero) is 1. The molecule has 0 unspecified atom stereocenters. The van der Waals surface area contributed by atoms with Gasteiger partial charge in [0.15, 0.2) is 5.75 Å². The average Bonchev–Trinajstić information content (AvgIpc) is 4.05. The number of nitrogens with zero attached hydrogens (tertiary/aromatic N) is 2. The number of pyridine rings is 1. The number of phenols is 3. The number of methoxy groups -OCH3 is 1. The molecule has 0 radical (unpaired) electrons. The third-order valence-electron chi connectivity index (χ3n) is 15.5. The Morgan fingerprint density at radius 3 is 2.31 bits per heavy atom. The molecule has 9 rings (SSSR count). The fourth-order valence-corrected chi connectivity index (χ4v) is 10.8. The minimum atomic E-state index is -2.12. The highest BCUT2D eigenvalue weighted by atomic mass is 19.1. The van der Waals surface area contributed by atoms with E-state index in [2.05, 4.69) is 10.6 Å². The van der Waals surface area contributed by atoms with E-state index in [1.165, 1.54) is 59.4 Å². The second-order valence-corrected chi connectivity index (χ2v) is 20.6. The first-order valence-corrected chi connectivity index (χ1v) is 25.1. The number of carboxylic acid groups (broad SMARTS) is 1. The quantitative estimate of drug-likeness (QED) is 0.0524. The molecule has 4 aromatic rings. The molecule has 5 aliphatic rings. The number of carboxylic acids is 1. The summed E-state index contributed by atoms with van der Waals surface area (Å²) in [5.74, 6) is -11.1. The molecule has 19 nitrogen and oxygen atoms in total. The van der Waals surface area contributed by atoms with Gasteiger partial charge in [0.25, 0.3) is 11.7 Å². The Morgan fingerprint density at radius 2 is 1.65 bits per heavy atom. The van der Waals surface area contributed by atoms with E-state index in [1.54, 1.807) is 55.4 Å². The summed E-state index contributed by atoms with van der Waals surface area (Å²) in [5.41, 5.74) is -1.16. The average molecular weight is 1040 g/mol. The summed E-state index contributed by atoms with van der Waals surface area (Å²) in [5, 5.41) is 74.6. The molecule has 8 N–H and O–H groups in total. The number of aromatic carboxylic acids is 1. The minimum absolute atomic E-state index is 0.000796. The van der Waals surface area contributed by atoms with Crippen LogP contribution in [0.4, 0.5) is 15.8 Å². The molecule has 402 valence electrons. The van der Waals surface area contributed by atoms with Crippen molar-refractivity contribution in [2.45, 2.75) is 123 Å². The first kappa shape index (κ1) is 54.3. The number of amides is 1. The molecule has 10 atom stereocenters. The number of hydrogen-bond acceptors (Lipinski definition) is 16. The van der Waals surface area contributed by atoms with Crippen LogP contribution in [0.5, 0.6) is 23.0 Å². The van der Waals surface area contributed by atoms with Crippen molar-refractivity contribution in [3.05, 3.63) is 92.8 Å². The van der Waals surface area contributed by atoms with Gasteiger partial charge in [0.2, 0.25) is 5.43 Å². The standard InChI is InChI=1S/C55H65FN4O15/c1-24-11-10-12-25(2)53(69)58-43-34(21-57-31-15-17-59(22-31)38-20-37-33(19-36(38)56)47(65)35(54(70)71)23-60(37)32-13-14-32)48(66)40-41(49(43)67)46(64)29(6)51-42(40)52(68)55(8,75-51)73-18-16-39(72-9)26(3)50(74-30(7)61)28(5)45(63)27(4)44(24)62/h10-12,16,18-20,23-24,26-28,31-32,39,44-45,50,57,62-64,66-67H,13-15,17,21-22H2,1-9H3,(H,58,69)(H,70,71)/t24-,26+,27+,28+,31-,39-,44-,45+,50+,55-/m0/s1. The van der Waals surface area contributed by atoms with E-state index >= 15 is 4.39 Å². The van der Waals surface area contributed by atoms with Gasteiger partial charge in [-0.3, -0.25) is 19.2 Å². The number of hydrogen-bond donors (Lipinski definition) is 8. The van der Waals surface area contributed by atoms with Crippen LogP contribution in [0, 0.1) is 36.4 Å². The number of ether oxygens (including phenoxy) is 4. The molecular weight excluding hydrogens is 976 g/mol. The van der Waals surface area contributed by atoms with Crippen molar-refractivity contribution < 1.29 is 73.2 Å². The van der Waals surface area contributed by atoms with Crippen molar-refractivity contribution in [1.29, 1.82) is 0 Å². The van der Waals surface area contributed by atoms with Crippen LogP contribution in [0.1, 0.15) is 106 Å². The zero-order chi connectivity index (χ0) is 54.7. The Bertz CT molecular complexity index is 3150. The summed E-state index contributed by atoms with van der Waals surface area (Å²) >= 11 is 0. The third-order valence-corrected chi connectivity index (χ3v) is 15.5. The summed E-state index contributed by atoms with van der Waals surface area (Å²) in [6.07, 6.45) is 6.50. The van der Waals surface area contributed by atoms with Crippen molar-refractivity contribution in [3.63, 3.8) is 0 Å². The predicted octanol–water partition coefficient (Wildman–Crippen LogP) is 6.61. The molecular formula is C55H65FN4O15. The molecule has 75 heavy (non-hydrogen) atoms. The number of rotatable bonds is 8. The van der Waals surface area contributed by atoms with Crippen molar-refractivity contribution in [1.82, 2.24) is 9.88 Å². The maximum atomic E-state index is 16.0. The molecule has 0 spiro atoms. The molecule has 1 aliphatic carbocycles. The fraction of sp³-hybridized carbons (Fsp3) is 0.473. The molecule has 1 saturated carbocycles.